The minimum absolute atomic E-state index is 0.554. The van der Waals surface area contributed by atoms with Crippen molar-refractivity contribution < 1.29 is 0 Å². The van der Waals surface area contributed by atoms with Crippen LogP contribution in [0.25, 0.3) is 11.4 Å². The highest BCUT2D eigenvalue weighted by Crippen LogP contribution is 2.18. The van der Waals surface area contributed by atoms with Crippen LogP contribution in [0.15, 0.2) is 36.7 Å². The van der Waals surface area contributed by atoms with Crippen LogP contribution in [0.4, 0.5) is 0 Å². The summed E-state index contributed by atoms with van der Waals surface area (Å²) in [5.74, 6) is 0.745. The van der Waals surface area contributed by atoms with E-state index in [4.69, 9.17) is 11.6 Å². The lowest BCUT2D eigenvalue weighted by atomic mass is 10.2. The molecular weight excluding hydrogens is 308 g/mol. The average molecular weight is 331 g/mol. The molecule has 0 saturated carbocycles. The van der Waals surface area contributed by atoms with E-state index in [0.717, 1.165) is 36.0 Å². The Morgan fingerprint density at radius 2 is 1.83 bits per heavy atom. The number of nitrogens with zero attached hydrogens (tertiary/aromatic N) is 4. The Hall–Kier alpha value is -1.49. The third-order valence-electron chi connectivity index (χ3n) is 4.38. The highest BCUT2D eigenvalue weighted by atomic mass is 35.5. The SMILES string of the molecule is CC1CN(C)CCCN1Cc1cnc(-c2ccc(Cl)cc2)nc1. The van der Waals surface area contributed by atoms with Crippen LogP contribution in [0.1, 0.15) is 18.9 Å². The van der Waals surface area contributed by atoms with E-state index in [1.54, 1.807) is 0 Å². The van der Waals surface area contributed by atoms with Gasteiger partial charge in [-0.05, 0) is 51.2 Å². The maximum Gasteiger partial charge on any atom is 0.159 e. The number of hydrogen-bond donors (Lipinski definition) is 0. The fraction of sp³-hybridized carbons (Fsp3) is 0.444. The molecule has 5 heteroatoms. The first-order valence-electron chi connectivity index (χ1n) is 8.11. The summed E-state index contributed by atoms with van der Waals surface area (Å²) < 4.78 is 0. The van der Waals surface area contributed by atoms with E-state index >= 15 is 0 Å². The molecule has 1 fully saturated rings. The van der Waals surface area contributed by atoms with Crippen molar-refractivity contribution in [2.75, 3.05) is 26.7 Å². The standard InChI is InChI=1S/C18H23ClN4/c1-14-12-22(2)8-3-9-23(14)13-15-10-20-18(21-11-15)16-4-6-17(19)7-5-16/h4-7,10-11,14H,3,8-9,12-13H2,1-2H3. The van der Waals surface area contributed by atoms with Gasteiger partial charge in [0, 0.05) is 54.2 Å². The van der Waals surface area contributed by atoms with Crippen molar-refractivity contribution >= 4 is 11.6 Å². The van der Waals surface area contributed by atoms with Gasteiger partial charge in [-0.1, -0.05) is 11.6 Å². The molecule has 0 N–H and O–H groups in total. The van der Waals surface area contributed by atoms with E-state index in [1.165, 1.54) is 18.5 Å². The largest absolute Gasteiger partial charge is 0.305 e. The monoisotopic (exact) mass is 330 g/mol. The van der Waals surface area contributed by atoms with Crippen LogP contribution in [0.5, 0.6) is 0 Å². The lowest BCUT2D eigenvalue weighted by Crippen LogP contribution is -2.37. The molecule has 23 heavy (non-hydrogen) atoms. The van der Waals surface area contributed by atoms with Crippen LogP contribution in [-0.4, -0.2) is 52.5 Å². The number of likely N-dealkylation sites (N-methyl/N-ethyl adjacent to an activating group) is 1. The topological polar surface area (TPSA) is 32.3 Å². The molecule has 0 spiro atoms. The van der Waals surface area contributed by atoms with Gasteiger partial charge in [-0.25, -0.2) is 9.97 Å². The first-order valence-corrected chi connectivity index (χ1v) is 8.49. The molecule has 1 aliphatic rings. The molecule has 0 aliphatic carbocycles. The second-order valence-electron chi connectivity index (χ2n) is 6.36. The average Bonchev–Trinajstić information content (AvgIpc) is 2.70. The predicted molar refractivity (Wildman–Crippen MR) is 94.5 cm³/mol. The number of aromatic nitrogens is 2. The van der Waals surface area contributed by atoms with Crippen LogP contribution < -0.4 is 0 Å². The summed E-state index contributed by atoms with van der Waals surface area (Å²) in [6.07, 6.45) is 5.10. The van der Waals surface area contributed by atoms with Gasteiger partial charge in [-0.2, -0.15) is 0 Å². The molecule has 1 aromatic heterocycles. The Morgan fingerprint density at radius 1 is 1.13 bits per heavy atom. The van der Waals surface area contributed by atoms with Gasteiger partial charge >= 0.3 is 0 Å². The lowest BCUT2D eigenvalue weighted by Gasteiger charge is -2.27. The number of hydrogen-bond acceptors (Lipinski definition) is 4. The van der Waals surface area contributed by atoms with Gasteiger partial charge < -0.3 is 4.90 Å². The third-order valence-corrected chi connectivity index (χ3v) is 4.63. The summed E-state index contributed by atoms with van der Waals surface area (Å²) in [5.41, 5.74) is 2.16. The molecule has 122 valence electrons. The van der Waals surface area contributed by atoms with Crippen LogP contribution >= 0.6 is 11.6 Å². The fourth-order valence-corrected chi connectivity index (χ4v) is 3.20. The van der Waals surface area contributed by atoms with E-state index < -0.39 is 0 Å². The van der Waals surface area contributed by atoms with Crippen molar-refractivity contribution in [3.63, 3.8) is 0 Å². The normalized spacial score (nSPS) is 20.4. The van der Waals surface area contributed by atoms with Crippen molar-refractivity contribution in [2.24, 2.45) is 0 Å². The molecule has 2 aromatic rings. The van der Waals surface area contributed by atoms with E-state index in [0.29, 0.717) is 6.04 Å². The number of rotatable bonds is 3. The van der Waals surface area contributed by atoms with Gasteiger partial charge in [0.25, 0.3) is 0 Å². The summed E-state index contributed by atoms with van der Waals surface area (Å²) in [7, 11) is 2.20. The lowest BCUT2D eigenvalue weighted by molar-refractivity contribution is 0.194. The van der Waals surface area contributed by atoms with Gasteiger partial charge in [0.2, 0.25) is 0 Å². The van der Waals surface area contributed by atoms with Crippen molar-refractivity contribution in [2.45, 2.75) is 25.9 Å². The molecular formula is C18H23ClN4. The Bertz CT molecular complexity index is 626. The zero-order valence-corrected chi connectivity index (χ0v) is 14.5. The van der Waals surface area contributed by atoms with E-state index in [9.17, 15) is 0 Å². The molecule has 4 nitrogen and oxygen atoms in total. The Labute approximate surface area is 143 Å². The van der Waals surface area contributed by atoms with Gasteiger partial charge in [0.1, 0.15) is 0 Å². The highest BCUT2D eigenvalue weighted by Gasteiger charge is 2.19. The van der Waals surface area contributed by atoms with Crippen molar-refractivity contribution in [3.8, 4) is 11.4 Å². The third kappa shape index (κ3) is 4.28. The maximum atomic E-state index is 5.92. The molecule has 0 bridgehead atoms. The molecule has 1 atom stereocenters. The van der Waals surface area contributed by atoms with Crippen LogP contribution in [0.3, 0.4) is 0 Å². The molecule has 0 radical (unpaired) electrons. The summed E-state index contributed by atoms with van der Waals surface area (Å²) in [6, 6.07) is 8.18. The molecule has 1 aliphatic heterocycles. The Balaban J connectivity index is 1.68. The molecule has 3 rings (SSSR count). The second-order valence-corrected chi connectivity index (χ2v) is 6.79. The minimum Gasteiger partial charge on any atom is -0.305 e. The summed E-state index contributed by atoms with van der Waals surface area (Å²) in [5, 5.41) is 0.727. The molecule has 1 unspecified atom stereocenters. The Kier molecular flexibility index (Phi) is 5.26. The molecule has 1 saturated heterocycles. The predicted octanol–water partition coefficient (Wildman–Crippen LogP) is 3.32. The minimum atomic E-state index is 0.554. The van der Waals surface area contributed by atoms with Crippen LogP contribution in [0.2, 0.25) is 5.02 Å². The summed E-state index contributed by atoms with van der Waals surface area (Å²) in [4.78, 5) is 14.0. The number of halogens is 1. The molecule has 1 aromatic carbocycles. The highest BCUT2D eigenvalue weighted by molar-refractivity contribution is 6.30. The van der Waals surface area contributed by atoms with Gasteiger partial charge in [-0.3, -0.25) is 4.90 Å². The van der Waals surface area contributed by atoms with Gasteiger partial charge in [0.05, 0.1) is 0 Å². The van der Waals surface area contributed by atoms with Crippen LogP contribution in [0, 0.1) is 0 Å². The zero-order valence-electron chi connectivity index (χ0n) is 13.7. The fourth-order valence-electron chi connectivity index (χ4n) is 3.08. The first-order chi connectivity index (χ1) is 11.1. The van der Waals surface area contributed by atoms with Crippen molar-refractivity contribution in [3.05, 3.63) is 47.2 Å². The van der Waals surface area contributed by atoms with Gasteiger partial charge in [-0.15, -0.1) is 0 Å². The van der Waals surface area contributed by atoms with Crippen molar-refractivity contribution in [1.82, 2.24) is 19.8 Å². The van der Waals surface area contributed by atoms with Crippen LogP contribution in [-0.2, 0) is 6.54 Å². The van der Waals surface area contributed by atoms with E-state index in [-0.39, 0.29) is 0 Å². The number of benzene rings is 1. The zero-order chi connectivity index (χ0) is 16.2. The summed E-state index contributed by atoms with van der Waals surface area (Å²) >= 11 is 5.92. The van der Waals surface area contributed by atoms with Crippen molar-refractivity contribution in [1.29, 1.82) is 0 Å². The Morgan fingerprint density at radius 3 is 2.52 bits per heavy atom. The van der Waals surface area contributed by atoms with E-state index in [2.05, 4.69) is 33.7 Å². The smallest absolute Gasteiger partial charge is 0.159 e. The molecule has 2 heterocycles. The molecule has 0 amide bonds. The van der Waals surface area contributed by atoms with Gasteiger partial charge in [0.15, 0.2) is 5.82 Å². The summed E-state index contributed by atoms with van der Waals surface area (Å²) in [6.45, 7) is 6.63. The quantitative estimate of drug-likeness (QED) is 0.864. The van der Waals surface area contributed by atoms with E-state index in [1.807, 2.05) is 36.7 Å². The maximum absolute atomic E-state index is 5.92. The second kappa shape index (κ2) is 7.39. The first kappa shape index (κ1) is 16.4.